The van der Waals surface area contributed by atoms with Crippen LogP contribution in [0.2, 0.25) is 0 Å². The normalized spacial score (nSPS) is 15.2. The summed E-state index contributed by atoms with van der Waals surface area (Å²) in [5.41, 5.74) is 1.29. The van der Waals surface area contributed by atoms with E-state index < -0.39 is 5.92 Å². The maximum atomic E-state index is 13.4. The van der Waals surface area contributed by atoms with Gasteiger partial charge in [-0.25, -0.2) is 4.39 Å². The molecule has 1 aliphatic rings. The average molecular weight is 393 g/mol. The van der Waals surface area contributed by atoms with Crippen molar-refractivity contribution in [1.29, 1.82) is 0 Å². The third-order valence-corrected chi connectivity index (χ3v) is 5.04. The monoisotopic (exact) mass is 393 g/mol. The van der Waals surface area contributed by atoms with Crippen LogP contribution < -0.4 is 0 Å². The van der Waals surface area contributed by atoms with Gasteiger partial charge in [-0.2, -0.15) is 0 Å². The number of piperazine rings is 1. The summed E-state index contributed by atoms with van der Waals surface area (Å²) in [6.45, 7) is 1.67. The Hall–Kier alpha value is -3.48. The van der Waals surface area contributed by atoms with Crippen LogP contribution in [0.4, 0.5) is 4.39 Å². The van der Waals surface area contributed by atoms with Crippen LogP contribution in [0.25, 0.3) is 0 Å². The van der Waals surface area contributed by atoms with Crippen LogP contribution in [-0.2, 0) is 4.79 Å². The first-order valence-corrected chi connectivity index (χ1v) is 9.41. The van der Waals surface area contributed by atoms with Crippen molar-refractivity contribution >= 4 is 11.8 Å². The number of furan rings is 1. The first-order chi connectivity index (χ1) is 14.1. The Morgan fingerprint density at radius 1 is 0.931 bits per heavy atom. The Morgan fingerprint density at radius 2 is 1.66 bits per heavy atom. The van der Waals surface area contributed by atoms with Gasteiger partial charge in [0.15, 0.2) is 5.76 Å². The fourth-order valence-corrected chi connectivity index (χ4v) is 3.51. The summed E-state index contributed by atoms with van der Waals surface area (Å²) >= 11 is 0. The van der Waals surface area contributed by atoms with Gasteiger partial charge in [-0.1, -0.05) is 18.2 Å². The molecule has 0 radical (unpaired) electrons. The Balaban J connectivity index is 1.51. The van der Waals surface area contributed by atoms with Gasteiger partial charge in [-0.05, 0) is 42.0 Å². The standard InChI is InChI=1S/C22H20FN3O3/c23-17-8-6-16(7-9-17)20(18-4-1-2-10-24-18)22(28)26-13-11-25(12-14-26)21(27)19-5-3-15-29-19/h1-10,15,20H,11-14H2. The van der Waals surface area contributed by atoms with Gasteiger partial charge in [-0.15, -0.1) is 0 Å². The maximum absolute atomic E-state index is 13.4. The molecular formula is C22H20FN3O3. The van der Waals surface area contributed by atoms with Crippen molar-refractivity contribution in [2.45, 2.75) is 5.92 Å². The second kappa shape index (κ2) is 8.26. The molecule has 2 aromatic heterocycles. The summed E-state index contributed by atoms with van der Waals surface area (Å²) in [6, 6.07) is 14.6. The van der Waals surface area contributed by atoms with Crippen molar-refractivity contribution < 1.29 is 18.4 Å². The molecule has 4 rings (SSSR count). The maximum Gasteiger partial charge on any atom is 0.289 e. The molecule has 1 fully saturated rings. The fourth-order valence-electron chi connectivity index (χ4n) is 3.51. The van der Waals surface area contributed by atoms with Gasteiger partial charge in [0.1, 0.15) is 11.7 Å². The van der Waals surface area contributed by atoms with Crippen LogP contribution in [0.5, 0.6) is 0 Å². The van der Waals surface area contributed by atoms with E-state index >= 15 is 0 Å². The molecule has 2 amide bonds. The molecule has 3 aromatic rings. The molecule has 1 unspecified atom stereocenters. The molecule has 1 aliphatic heterocycles. The van der Waals surface area contributed by atoms with Crippen LogP contribution >= 0.6 is 0 Å². The zero-order chi connectivity index (χ0) is 20.2. The lowest BCUT2D eigenvalue weighted by Gasteiger charge is -2.36. The minimum absolute atomic E-state index is 0.111. The summed E-state index contributed by atoms with van der Waals surface area (Å²) in [7, 11) is 0. The molecule has 0 aliphatic carbocycles. The molecule has 0 spiro atoms. The van der Waals surface area contributed by atoms with Crippen LogP contribution in [0.3, 0.4) is 0 Å². The van der Waals surface area contributed by atoms with E-state index in [1.54, 1.807) is 52.4 Å². The number of carbonyl (C=O) groups excluding carboxylic acids is 2. The molecule has 1 atom stereocenters. The second-order valence-electron chi connectivity index (χ2n) is 6.83. The van der Waals surface area contributed by atoms with Crippen molar-refractivity contribution in [2.24, 2.45) is 0 Å². The van der Waals surface area contributed by atoms with E-state index in [-0.39, 0.29) is 17.6 Å². The lowest BCUT2D eigenvalue weighted by atomic mass is 9.93. The largest absolute Gasteiger partial charge is 0.459 e. The minimum Gasteiger partial charge on any atom is -0.459 e. The van der Waals surface area contributed by atoms with E-state index in [4.69, 9.17) is 4.42 Å². The van der Waals surface area contributed by atoms with Crippen LogP contribution in [0.15, 0.2) is 71.5 Å². The number of amides is 2. The van der Waals surface area contributed by atoms with Gasteiger partial charge in [0.25, 0.3) is 5.91 Å². The zero-order valence-corrected chi connectivity index (χ0v) is 15.7. The summed E-state index contributed by atoms with van der Waals surface area (Å²) in [6.07, 6.45) is 3.10. The van der Waals surface area contributed by atoms with Crippen molar-refractivity contribution in [3.8, 4) is 0 Å². The first kappa shape index (κ1) is 18.9. The molecule has 7 heteroatoms. The van der Waals surface area contributed by atoms with Crippen molar-refractivity contribution in [2.75, 3.05) is 26.2 Å². The van der Waals surface area contributed by atoms with E-state index in [0.717, 1.165) is 0 Å². The highest BCUT2D eigenvalue weighted by Gasteiger charge is 2.32. The Labute approximate surface area is 167 Å². The van der Waals surface area contributed by atoms with Gasteiger partial charge in [-0.3, -0.25) is 14.6 Å². The van der Waals surface area contributed by atoms with E-state index in [1.807, 2.05) is 6.07 Å². The number of benzene rings is 1. The summed E-state index contributed by atoms with van der Waals surface area (Å²) in [4.78, 5) is 33.5. The van der Waals surface area contributed by atoms with Gasteiger partial charge in [0.2, 0.25) is 5.91 Å². The van der Waals surface area contributed by atoms with E-state index in [2.05, 4.69) is 4.98 Å². The predicted molar refractivity (Wildman–Crippen MR) is 104 cm³/mol. The Bertz CT molecular complexity index is 966. The van der Waals surface area contributed by atoms with Crippen molar-refractivity contribution in [1.82, 2.24) is 14.8 Å². The smallest absolute Gasteiger partial charge is 0.289 e. The van der Waals surface area contributed by atoms with Crippen LogP contribution in [-0.4, -0.2) is 52.8 Å². The van der Waals surface area contributed by atoms with Gasteiger partial charge in [0, 0.05) is 32.4 Å². The number of nitrogens with zero attached hydrogens (tertiary/aromatic N) is 3. The third-order valence-electron chi connectivity index (χ3n) is 5.04. The minimum atomic E-state index is -0.621. The van der Waals surface area contributed by atoms with Gasteiger partial charge >= 0.3 is 0 Å². The SMILES string of the molecule is O=C(c1ccco1)N1CCN(C(=O)C(c2ccc(F)cc2)c2ccccn2)CC1. The molecular weight excluding hydrogens is 373 g/mol. The summed E-state index contributed by atoms with van der Waals surface area (Å²) in [5.74, 6) is -0.972. The van der Waals surface area contributed by atoms with E-state index in [1.165, 1.54) is 18.4 Å². The van der Waals surface area contributed by atoms with Gasteiger partial charge in [0.05, 0.1) is 12.0 Å². The molecule has 0 N–H and O–H groups in total. The highest BCUT2D eigenvalue weighted by atomic mass is 19.1. The number of halogens is 1. The number of hydrogen-bond acceptors (Lipinski definition) is 4. The molecule has 29 heavy (non-hydrogen) atoms. The number of carbonyl (C=O) groups is 2. The first-order valence-electron chi connectivity index (χ1n) is 9.41. The highest BCUT2D eigenvalue weighted by molar-refractivity contribution is 5.92. The number of pyridine rings is 1. The van der Waals surface area contributed by atoms with Crippen LogP contribution in [0, 0.1) is 5.82 Å². The zero-order valence-electron chi connectivity index (χ0n) is 15.7. The highest BCUT2D eigenvalue weighted by Crippen LogP contribution is 2.26. The summed E-state index contributed by atoms with van der Waals surface area (Å²) < 4.78 is 18.6. The van der Waals surface area contributed by atoms with E-state index in [9.17, 15) is 14.0 Å². The molecule has 3 heterocycles. The predicted octanol–water partition coefficient (Wildman–Crippen LogP) is 2.93. The van der Waals surface area contributed by atoms with Crippen molar-refractivity contribution in [3.63, 3.8) is 0 Å². The molecule has 148 valence electrons. The average Bonchev–Trinajstić information content (AvgIpc) is 3.30. The second-order valence-corrected chi connectivity index (χ2v) is 6.83. The molecule has 1 saturated heterocycles. The Kier molecular flexibility index (Phi) is 5.37. The lowest BCUT2D eigenvalue weighted by Crippen LogP contribution is -2.51. The van der Waals surface area contributed by atoms with Crippen LogP contribution in [0.1, 0.15) is 27.7 Å². The Morgan fingerprint density at radius 3 is 2.28 bits per heavy atom. The fraction of sp³-hybridized carbons (Fsp3) is 0.227. The molecule has 0 bridgehead atoms. The lowest BCUT2D eigenvalue weighted by molar-refractivity contribution is -0.133. The molecule has 6 nitrogen and oxygen atoms in total. The number of rotatable bonds is 4. The molecule has 1 aromatic carbocycles. The van der Waals surface area contributed by atoms with Crippen molar-refractivity contribution in [3.05, 3.63) is 89.9 Å². The van der Waals surface area contributed by atoms with Gasteiger partial charge < -0.3 is 14.2 Å². The number of aromatic nitrogens is 1. The molecule has 0 saturated carbocycles. The quantitative estimate of drug-likeness (QED) is 0.684. The van der Waals surface area contributed by atoms with E-state index in [0.29, 0.717) is 43.2 Å². The number of hydrogen-bond donors (Lipinski definition) is 0. The topological polar surface area (TPSA) is 66.7 Å². The third kappa shape index (κ3) is 4.03. The summed E-state index contributed by atoms with van der Waals surface area (Å²) in [5, 5.41) is 0.